The first-order chi connectivity index (χ1) is 13.0. The molecular weight excluding hydrogens is 338 g/mol. The van der Waals surface area contributed by atoms with Gasteiger partial charge in [0.15, 0.2) is 0 Å². The minimum Gasteiger partial charge on any atom is -0.348 e. The zero-order valence-corrected chi connectivity index (χ0v) is 16.0. The number of pyridine rings is 1. The average molecular weight is 365 g/mol. The van der Waals surface area contributed by atoms with Crippen LogP contribution in [0.2, 0.25) is 0 Å². The van der Waals surface area contributed by atoms with Gasteiger partial charge in [-0.25, -0.2) is 0 Å². The van der Waals surface area contributed by atoms with Gasteiger partial charge in [-0.05, 0) is 56.0 Å². The van der Waals surface area contributed by atoms with Crippen LogP contribution in [0.25, 0.3) is 0 Å². The summed E-state index contributed by atoms with van der Waals surface area (Å²) < 4.78 is 0. The van der Waals surface area contributed by atoms with Crippen molar-refractivity contribution in [3.8, 4) is 0 Å². The average Bonchev–Trinajstić information content (AvgIpc) is 2.93. The number of aryl methyl sites for hydroxylation is 2. The molecule has 0 saturated heterocycles. The van der Waals surface area contributed by atoms with Crippen LogP contribution in [0.15, 0.2) is 36.5 Å². The second-order valence-corrected chi connectivity index (χ2v) is 7.36. The molecule has 0 aliphatic heterocycles. The van der Waals surface area contributed by atoms with Crippen molar-refractivity contribution in [2.24, 2.45) is 0 Å². The number of nitrogens with zero attached hydrogens (tertiary/aromatic N) is 1. The topological polar surface area (TPSA) is 71.1 Å². The molecule has 5 heteroatoms. The molecule has 0 radical (unpaired) electrons. The summed E-state index contributed by atoms with van der Waals surface area (Å²) in [6, 6.07) is 9.31. The first-order valence-corrected chi connectivity index (χ1v) is 9.68. The molecule has 1 aliphatic carbocycles. The van der Waals surface area contributed by atoms with Gasteiger partial charge in [-0.15, -0.1) is 0 Å². The monoisotopic (exact) mass is 365 g/mol. The normalized spacial score (nSPS) is 15.0. The van der Waals surface area contributed by atoms with Crippen molar-refractivity contribution in [2.75, 3.05) is 5.32 Å². The summed E-state index contributed by atoms with van der Waals surface area (Å²) in [5, 5.41) is 6.00. The lowest BCUT2D eigenvalue weighted by Crippen LogP contribution is -2.35. The van der Waals surface area contributed by atoms with Crippen LogP contribution in [-0.2, 0) is 0 Å². The number of carbonyl (C=O) groups is 2. The Morgan fingerprint density at radius 1 is 0.963 bits per heavy atom. The second kappa shape index (κ2) is 8.80. The fourth-order valence-electron chi connectivity index (χ4n) is 3.44. The lowest BCUT2D eigenvalue weighted by atomic mass is 10.1. The Bertz CT molecular complexity index is 824. The largest absolute Gasteiger partial charge is 0.348 e. The molecule has 2 N–H and O–H groups in total. The molecule has 5 nitrogen and oxygen atoms in total. The van der Waals surface area contributed by atoms with Crippen LogP contribution in [0.5, 0.6) is 0 Å². The number of hydrogen-bond acceptors (Lipinski definition) is 3. The Morgan fingerprint density at radius 2 is 1.70 bits per heavy atom. The number of anilines is 1. The summed E-state index contributed by atoms with van der Waals surface area (Å²) in [7, 11) is 0. The fraction of sp³-hybridized carbons (Fsp3) is 0.409. The van der Waals surface area contributed by atoms with Gasteiger partial charge in [-0.2, -0.15) is 0 Å². The predicted octanol–water partition coefficient (Wildman–Crippen LogP) is 4.40. The number of nitrogens with one attached hydrogen (secondary N) is 2. The molecule has 1 aliphatic rings. The number of benzene rings is 1. The van der Waals surface area contributed by atoms with Crippen LogP contribution < -0.4 is 10.6 Å². The van der Waals surface area contributed by atoms with Gasteiger partial charge >= 0.3 is 0 Å². The van der Waals surface area contributed by atoms with E-state index in [9.17, 15) is 9.59 Å². The van der Waals surface area contributed by atoms with E-state index in [1.54, 1.807) is 12.1 Å². The smallest absolute Gasteiger partial charge is 0.270 e. The molecule has 2 amide bonds. The van der Waals surface area contributed by atoms with Crippen LogP contribution in [-0.4, -0.2) is 22.8 Å². The van der Waals surface area contributed by atoms with Gasteiger partial charge in [-0.1, -0.05) is 37.8 Å². The van der Waals surface area contributed by atoms with Gasteiger partial charge in [0, 0.05) is 23.5 Å². The lowest BCUT2D eigenvalue weighted by molar-refractivity contribution is 0.0928. The van der Waals surface area contributed by atoms with Gasteiger partial charge in [0.25, 0.3) is 11.8 Å². The minimum atomic E-state index is -0.241. The van der Waals surface area contributed by atoms with E-state index < -0.39 is 0 Å². The Balaban J connectivity index is 1.69. The van der Waals surface area contributed by atoms with E-state index in [0.29, 0.717) is 5.56 Å². The van der Waals surface area contributed by atoms with Crippen LogP contribution in [0.1, 0.15) is 70.5 Å². The van der Waals surface area contributed by atoms with E-state index in [0.717, 1.165) is 42.5 Å². The third-order valence-electron chi connectivity index (χ3n) is 5.09. The number of rotatable bonds is 4. The molecule has 2 aromatic rings. The molecule has 0 bridgehead atoms. The molecule has 0 unspecified atom stereocenters. The second-order valence-electron chi connectivity index (χ2n) is 7.36. The van der Waals surface area contributed by atoms with Crippen molar-refractivity contribution in [1.82, 2.24) is 10.3 Å². The molecular formula is C22H27N3O2. The first kappa shape index (κ1) is 19.1. The van der Waals surface area contributed by atoms with Crippen molar-refractivity contribution >= 4 is 17.5 Å². The van der Waals surface area contributed by atoms with E-state index in [4.69, 9.17) is 0 Å². The molecule has 3 rings (SSSR count). The highest BCUT2D eigenvalue weighted by molar-refractivity contribution is 6.06. The Hall–Kier alpha value is -2.69. The fourth-order valence-corrected chi connectivity index (χ4v) is 3.44. The van der Waals surface area contributed by atoms with Crippen LogP contribution in [0.3, 0.4) is 0 Å². The van der Waals surface area contributed by atoms with Crippen molar-refractivity contribution in [3.63, 3.8) is 0 Å². The summed E-state index contributed by atoms with van der Waals surface area (Å²) in [6.45, 7) is 3.94. The molecule has 1 aromatic carbocycles. The number of hydrogen-bond donors (Lipinski definition) is 2. The van der Waals surface area contributed by atoms with E-state index in [-0.39, 0.29) is 23.6 Å². The van der Waals surface area contributed by atoms with Gasteiger partial charge in [0.1, 0.15) is 5.69 Å². The standard InChI is InChI=1S/C22H27N3O2/c1-15-9-10-16(2)19(13-15)25-21(26)17-11-12-23-20(14-17)22(27)24-18-7-5-3-4-6-8-18/h9-14,18H,3-8H2,1-2H3,(H,24,27)(H,25,26). The third kappa shape index (κ3) is 5.16. The van der Waals surface area contributed by atoms with Gasteiger partial charge in [-0.3, -0.25) is 14.6 Å². The van der Waals surface area contributed by atoms with Crippen molar-refractivity contribution in [1.29, 1.82) is 0 Å². The molecule has 0 spiro atoms. The molecule has 0 atom stereocenters. The maximum absolute atomic E-state index is 12.6. The van der Waals surface area contributed by atoms with Crippen LogP contribution in [0.4, 0.5) is 5.69 Å². The third-order valence-corrected chi connectivity index (χ3v) is 5.09. The summed E-state index contributed by atoms with van der Waals surface area (Å²) in [6.07, 6.45) is 8.31. The Labute approximate surface area is 160 Å². The summed E-state index contributed by atoms with van der Waals surface area (Å²) in [4.78, 5) is 29.3. The maximum Gasteiger partial charge on any atom is 0.270 e. The molecule has 1 heterocycles. The van der Waals surface area contributed by atoms with E-state index in [2.05, 4.69) is 15.6 Å². The highest BCUT2D eigenvalue weighted by atomic mass is 16.2. The molecule has 1 fully saturated rings. The van der Waals surface area contributed by atoms with Gasteiger partial charge in [0.2, 0.25) is 0 Å². The molecule has 142 valence electrons. The summed E-state index contributed by atoms with van der Waals surface area (Å²) in [5.74, 6) is -0.446. The van der Waals surface area contributed by atoms with Crippen LogP contribution >= 0.6 is 0 Å². The van der Waals surface area contributed by atoms with Crippen molar-refractivity contribution in [2.45, 2.75) is 58.4 Å². The minimum absolute atomic E-state index is 0.203. The van der Waals surface area contributed by atoms with E-state index >= 15 is 0 Å². The quantitative estimate of drug-likeness (QED) is 0.789. The molecule has 1 aromatic heterocycles. The van der Waals surface area contributed by atoms with Crippen LogP contribution in [0, 0.1) is 13.8 Å². The SMILES string of the molecule is Cc1ccc(C)c(NC(=O)c2ccnc(C(=O)NC3CCCCCC3)c2)c1. The van der Waals surface area contributed by atoms with Gasteiger partial charge < -0.3 is 10.6 Å². The summed E-state index contributed by atoms with van der Waals surface area (Å²) in [5.41, 5.74) is 3.56. The Morgan fingerprint density at radius 3 is 2.44 bits per heavy atom. The molecule has 27 heavy (non-hydrogen) atoms. The lowest BCUT2D eigenvalue weighted by Gasteiger charge is -2.16. The van der Waals surface area contributed by atoms with Gasteiger partial charge in [0.05, 0.1) is 0 Å². The first-order valence-electron chi connectivity index (χ1n) is 9.68. The Kier molecular flexibility index (Phi) is 6.22. The highest BCUT2D eigenvalue weighted by Crippen LogP contribution is 2.19. The predicted molar refractivity (Wildman–Crippen MR) is 107 cm³/mol. The van der Waals surface area contributed by atoms with Crippen molar-refractivity contribution < 1.29 is 9.59 Å². The molecule has 1 saturated carbocycles. The highest BCUT2D eigenvalue weighted by Gasteiger charge is 2.18. The van der Waals surface area contributed by atoms with Crippen molar-refractivity contribution in [3.05, 3.63) is 58.9 Å². The zero-order chi connectivity index (χ0) is 19.2. The number of aromatic nitrogens is 1. The number of amides is 2. The van der Waals surface area contributed by atoms with E-state index in [1.165, 1.54) is 19.0 Å². The maximum atomic E-state index is 12.6. The zero-order valence-electron chi connectivity index (χ0n) is 16.0. The summed E-state index contributed by atoms with van der Waals surface area (Å²) >= 11 is 0. The number of carbonyl (C=O) groups excluding carboxylic acids is 2. The van der Waals surface area contributed by atoms with E-state index in [1.807, 2.05) is 32.0 Å².